The molecule has 3 fully saturated rings. The smallest absolute Gasteiger partial charge is 0.249 e. The molecule has 4 aromatic rings. The fourth-order valence-corrected chi connectivity index (χ4v) is 7.32. The number of imide groups is 1. The summed E-state index contributed by atoms with van der Waals surface area (Å²) in [5, 5.41) is 28.0. The molecule has 1 saturated carbocycles. The Kier molecular flexibility index (Phi) is 8.16. The third-order valence-electron chi connectivity index (χ3n) is 9.90. The van der Waals surface area contributed by atoms with Crippen molar-refractivity contribution >= 4 is 63.3 Å². The van der Waals surface area contributed by atoms with Crippen LogP contribution in [0.5, 0.6) is 0 Å². The number of benzene rings is 2. The molecule has 0 spiro atoms. The fraction of sp³-hybridized carbons (Fsp3) is 0.412. The second kappa shape index (κ2) is 12.7. The number of aliphatic hydroxyl groups excluding tert-OH is 1. The number of hydrogen-bond acceptors (Lipinski definition) is 11. The van der Waals surface area contributed by atoms with Crippen molar-refractivity contribution in [2.24, 2.45) is 0 Å². The minimum atomic E-state index is -1.09. The molecule has 5 N–H and O–H groups in total. The molecule has 3 aliphatic heterocycles. The molecule has 2 saturated heterocycles. The monoisotopic (exact) mass is 688 g/mol. The standard InChI is InChI=1S/C34H38ClFN10O3/c1-37-26-17-30(42-46-29(18-38-32(26)46)34(49)40-25-16-22(25)36)45-10-9-20-27(3-2-4-28(20)45)44-13-11-43(12-14-44)19-5-6-23(21(35)15-19)39-24-7-8-31(47)41-33(24)48/h2-6,15,17-18,22,24-25,34,37,39-40,49H,7-14,16H2,1H3,(H,41,47,48)/t22-,24?,25+,34?/m0/s1. The predicted octanol–water partition coefficient (Wildman–Crippen LogP) is 3.35. The summed E-state index contributed by atoms with van der Waals surface area (Å²) in [5.41, 5.74) is 7.09. The van der Waals surface area contributed by atoms with E-state index in [0.29, 0.717) is 41.3 Å². The maximum atomic E-state index is 13.5. The van der Waals surface area contributed by atoms with E-state index in [4.69, 9.17) is 16.7 Å². The van der Waals surface area contributed by atoms with Crippen molar-refractivity contribution in [1.82, 2.24) is 25.2 Å². The number of amides is 2. The Balaban J connectivity index is 0.970. The van der Waals surface area contributed by atoms with Crippen LogP contribution in [0.15, 0.2) is 48.7 Å². The van der Waals surface area contributed by atoms with Crippen LogP contribution in [0, 0.1) is 0 Å². The van der Waals surface area contributed by atoms with Crippen LogP contribution in [0.4, 0.5) is 38.6 Å². The first kappa shape index (κ1) is 31.6. The highest BCUT2D eigenvalue weighted by molar-refractivity contribution is 6.33. The first-order valence-corrected chi connectivity index (χ1v) is 17.1. The summed E-state index contributed by atoms with van der Waals surface area (Å²) in [5.74, 6) is 0.151. The number of aromatic nitrogens is 3. The molecule has 2 amide bonds. The number of anilines is 6. The Morgan fingerprint density at radius 3 is 2.53 bits per heavy atom. The highest BCUT2D eigenvalue weighted by Gasteiger charge is 2.39. The molecule has 4 atom stereocenters. The molecule has 4 aliphatic rings. The molecule has 15 heteroatoms. The van der Waals surface area contributed by atoms with E-state index in [-0.39, 0.29) is 17.9 Å². The predicted molar refractivity (Wildman–Crippen MR) is 187 cm³/mol. The SMILES string of the molecule is CNc1cc(N2CCc3c(N4CCN(c5ccc(NC6CCC(=O)NC6=O)c(Cl)c5)CC4)cccc32)nn2c(C(O)N[C@@H]3C[C@@H]3F)cnc12. The number of imidazole rings is 1. The van der Waals surface area contributed by atoms with E-state index < -0.39 is 18.4 Å². The lowest BCUT2D eigenvalue weighted by molar-refractivity contribution is -0.133. The van der Waals surface area contributed by atoms with Crippen LogP contribution in [0.25, 0.3) is 5.65 Å². The number of rotatable bonds is 9. The minimum Gasteiger partial charge on any atom is -0.385 e. The van der Waals surface area contributed by atoms with E-state index in [2.05, 4.69) is 59.1 Å². The Morgan fingerprint density at radius 2 is 1.80 bits per heavy atom. The Morgan fingerprint density at radius 1 is 1.02 bits per heavy atom. The van der Waals surface area contributed by atoms with Crippen LogP contribution in [0.2, 0.25) is 5.02 Å². The number of piperidine rings is 1. The van der Waals surface area contributed by atoms with Gasteiger partial charge in [0, 0.05) is 80.9 Å². The van der Waals surface area contributed by atoms with E-state index in [1.54, 1.807) is 10.7 Å². The number of alkyl halides is 1. The van der Waals surface area contributed by atoms with Gasteiger partial charge in [-0.25, -0.2) is 13.9 Å². The van der Waals surface area contributed by atoms with Crippen molar-refractivity contribution in [2.75, 3.05) is 65.1 Å². The highest BCUT2D eigenvalue weighted by Crippen LogP contribution is 2.41. The van der Waals surface area contributed by atoms with Crippen LogP contribution in [0.3, 0.4) is 0 Å². The van der Waals surface area contributed by atoms with Gasteiger partial charge in [-0.3, -0.25) is 20.2 Å². The summed E-state index contributed by atoms with van der Waals surface area (Å²) in [6.45, 7) is 4.06. The molecule has 5 heterocycles. The topological polar surface area (TPSA) is 142 Å². The normalized spacial score (nSPS) is 22.7. The number of hydrogen-bond donors (Lipinski definition) is 5. The molecule has 256 valence electrons. The van der Waals surface area contributed by atoms with Crippen molar-refractivity contribution in [1.29, 1.82) is 0 Å². The second-order valence-corrected chi connectivity index (χ2v) is 13.4. The van der Waals surface area contributed by atoms with Gasteiger partial charge in [0.1, 0.15) is 24.1 Å². The largest absolute Gasteiger partial charge is 0.385 e. The van der Waals surface area contributed by atoms with Gasteiger partial charge in [0.05, 0.1) is 22.6 Å². The number of piperazine rings is 1. The average Bonchev–Trinajstić information content (AvgIpc) is 3.44. The Labute approximate surface area is 287 Å². The Hall–Kier alpha value is -4.66. The van der Waals surface area contributed by atoms with Crippen molar-refractivity contribution < 1.29 is 19.1 Å². The van der Waals surface area contributed by atoms with E-state index in [9.17, 15) is 19.1 Å². The highest BCUT2D eigenvalue weighted by atomic mass is 35.5. The van der Waals surface area contributed by atoms with Gasteiger partial charge in [-0.2, -0.15) is 0 Å². The summed E-state index contributed by atoms with van der Waals surface area (Å²) < 4.78 is 15.2. The van der Waals surface area contributed by atoms with Crippen LogP contribution in [-0.2, 0) is 16.0 Å². The fourth-order valence-electron chi connectivity index (χ4n) is 7.09. The summed E-state index contributed by atoms with van der Waals surface area (Å²) in [6.07, 6.45) is 1.54. The number of fused-ring (bicyclic) bond motifs is 2. The molecular formula is C34H38ClFN10O3. The molecule has 8 rings (SSSR count). The minimum absolute atomic E-state index is 0.249. The number of aliphatic hydroxyl groups is 1. The number of halogens is 2. The lowest BCUT2D eigenvalue weighted by Crippen LogP contribution is -2.47. The molecule has 49 heavy (non-hydrogen) atoms. The molecule has 13 nitrogen and oxygen atoms in total. The van der Waals surface area contributed by atoms with Crippen LogP contribution < -0.4 is 36.0 Å². The van der Waals surface area contributed by atoms with Crippen molar-refractivity contribution in [3.05, 3.63) is 64.9 Å². The lowest BCUT2D eigenvalue weighted by Gasteiger charge is -2.38. The first-order valence-electron chi connectivity index (χ1n) is 16.7. The van der Waals surface area contributed by atoms with Crippen molar-refractivity contribution in [3.8, 4) is 0 Å². The summed E-state index contributed by atoms with van der Waals surface area (Å²) >= 11 is 6.65. The summed E-state index contributed by atoms with van der Waals surface area (Å²) in [7, 11) is 1.83. The number of nitrogens with one attached hydrogen (secondary N) is 4. The Bertz CT molecular complexity index is 1930. The molecule has 0 radical (unpaired) electrons. The summed E-state index contributed by atoms with van der Waals surface area (Å²) in [4.78, 5) is 35.1. The van der Waals surface area contributed by atoms with Gasteiger partial charge in [0.15, 0.2) is 11.5 Å². The first-order chi connectivity index (χ1) is 23.8. The summed E-state index contributed by atoms with van der Waals surface area (Å²) in [6, 6.07) is 13.4. The van der Waals surface area contributed by atoms with E-state index in [1.165, 1.54) is 11.3 Å². The van der Waals surface area contributed by atoms with Crippen LogP contribution in [-0.4, -0.2) is 89.5 Å². The van der Waals surface area contributed by atoms with Gasteiger partial charge < -0.3 is 30.4 Å². The zero-order valence-corrected chi connectivity index (χ0v) is 27.8. The zero-order chi connectivity index (χ0) is 33.8. The van der Waals surface area contributed by atoms with Crippen LogP contribution >= 0.6 is 11.6 Å². The van der Waals surface area contributed by atoms with Gasteiger partial charge in [-0.1, -0.05) is 17.7 Å². The van der Waals surface area contributed by atoms with Gasteiger partial charge in [-0.15, -0.1) is 5.10 Å². The van der Waals surface area contributed by atoms with Gasteiger partial charge >= 0.3 is 0 Å². The molecule has 1 aliphatic carbocycles. The van der Waals surface area contributed by atoms with Crippen molar-refractivity contribution in [2.45, 2.75) is 50.2 Å². The maximum Gasteiger partial charge on any atom is 0.249 e. The molecule has 0 bridgehead atoms. The quantitative estimate of drug-likeness (QED) is 0.131. The van der Waals surface area contributed by atoms with Gasteiger partial charge in [0.2, 0.25) is 11.8 Å². The van der Waals surface area contributed by atoms with Crippen molar-refractivity contribution in [3.63, 3.8) is 0 Å². The van der Waals surface area contributed by atoms with E-state index >= 15 is 0 Å². The maximum absolute atomic E-state index is 13.5. The third kappa shape index (κ3) is 5.97. The number of carbonyl (C=O) groups excluding carboxylic acids is 2. The van der Waals surface area contributed by atoms with Gasteiger partial charge in [-0.05, 0) is 49.6 Å². The second-order valence-electron chi connectivity index (χ2n) is 13.0. The lowest BCUT2D eigenvalue weighted by atomic mass is 10.1. The van der Waals surface area contributed by atoms with E-state index in [0.717, 1.165) is 62.0 Å². The number of carbonyl (C=O) groups is 2. The zero-order valence-electron chi connectivity index (χ0n) is 27.0. The average molecular weight is 689 g/mol. The van der Waals surface area contributed by atoms with Gasteiger partial charge in [0.25, 0.3) is 0 Å². The van der Waals surface area contributed by atoms with E-state index in [1.807, 2.05) is 31.3 Å². The molecule has 2 aromatic carbocycles. The third-order valence-corrected chi connectivity index (χ3v) is 10.2. The molecular weight excluding hydrogens is 651 g/mol. The molecule has 2 aromatic heterocycles. The number of nitrogens with zero attached hydrogens (tertiary/aromatic N) is 6. The molecule has 2 unspecified atom stereocenters. The van der Waals surface area contributed by atoms with Crippen LogP contribution in [0.1, 0.15) is 36.7 Å².